The number of ether oxygens (including phenoxy) is 2. The van der Waals surface area contributed by atoms with Crippen molar-refractivity contribution in [2.24, 2.45) is 11.8 Å². The molecule has 6 rings (SSSR count). The van der Waals surface area contributed by atoms with Gasteiger partial charge in [-0.3, -0.25) is 19.2 Å². The van der Waals surface area contributed by atoms with Gasteiger partial charge in [0.15, 0.2) is 0 Å². The van der Waals surface area contributed by atoms with E-state index in [1.165, 1.54) is 41.1 Å². The first-order chi connectivity index (χ1) is 31.8. The van der Waals surface area contributed by atoms with Gasteiger partial charge in [-0.1, -0.05) is 52.0 Å². The topological polar surface area (TPSA) is 170 Å². The maximum Gasteiger partial charge on any atom is 0.416 e. The number of rotatable bonds is 14. The first-order valence-electron chi connectivity index (χ1n) is 22.9. The Bertz CT molecular complexity index is 2270. The van der Waals surface area contributed by atoms with Crippen molar-refractivity contribution in [2.75, 3.05) is 49.5 Å². The molecular formula is C49H62F3N7O8. The van der Waals surface area contributed by atoms with Crippen molar-refractivity contribution in [3.05, 3.63) is 89.5 Å². The monoisotopic (exact) mass is 933 g/mol. The van der Waals surface area contributed by atoms with Gasteiger partial charge in [-0.05, 0) is 116 Å². The number of likely N-dealkylation sites (tertiary alicyclic amines) is 2. The van der Waals surface area contributed by atoms with Gasteiger partial charge in [0.25, 0.3) is 0 Å². The molecule has 0 saturated carbocycles. The van der Waals surface area contributed by atoms with Crippen LogP contribution in [0.15, 0.2) is 72.8 Å². The number of anilines is 3. The lowest BCUT2D eigenvalue weighted by Crippen LogP contribution is -2.54. The number of nitrogens with one attached hydrogen (secondary N) is 3. The molecule has 0 aliphatic carbocycles. The van der Waals surface area contributed by atoms with Crippen LogP contribution < -0.4 is 25.8 Å². The number of hydrogen-bond donors (Lipinski definition) is 3. The normalized spacial score (nSPS) is 20.4. The summed E-state index contributed by atoms with van der Waals surface area (Å²) in [5.41, 5.74) is 2.41. The quantitative estimate of drug-likeness (QED) is 0.146. The van der Waals surface area contributed by atoms with E-state index in [1.54, 1.807) is 39.1 Å². The van der Waals surface area contributed by atoms with Crippen LogP contribution in [0.2, 0.25) is 0 Å². The second kappa shape index (κ2) is 21.5. The summed E-state index contributed by atoms with van der Waals surface area (Å²) in [7, 11) is 4.08. The molecule has 3 N–H and O–H groups in total. The lowest BCUT2D eigenvalue weighted by atomic mass is 10.0. The Balaban J connectivity index is 1.25. The standard InChI is InChI=1S/C49H62F3N7O8/c1-29(2)26-37(54-47(64)66-6)44(61)58-25-11-17-41(58)45(62)56(5)36-15-9-13-32(28-36)39-23-22-38(59(39)35-20-18-33(19-21-35)49(50,51)52)31-12-8-14-34(27-31)53-43(60)40-16-10-24-57(40)46(63)42(30(3)4)55-48(65)67-7/h8-9,12-15,18-21,27-30,37-42H,10-11,16-17,22-26H2,1-7H3,(H,53,60)(H,54,64)(H,55,65). The van der Waals surface area contributed by atoms with Crippen molar-refractivity contribution in [1.82, 2.24) is 20.4 Å². The highest BCUT2D eigenvalue weighted by Gasteiger charge is 2.42. The Morgan fingerprint density at radius 3 is 1.88 bits per heavy atom. The Labute approximate surface area is 389 Å². The molecule has 67 heavy (non-hydrogen) atoms. The molecule has 3 aliphatic rings. The number of carbonyl (C=O) groups is 6. The van der Waals surface area contributed by atoms with E-state index in [0.29, 0.717) is 75.1 Å². The molecule has 0 radical (unpaired) electrons. The Hall–Kier alpha value is -6.33. The van der Waals surface area contributed by atoms with E-state index in [0.717, 1.165) is 23.3 Å². The van der Waals surface area contributed by atoms with Crippen molar-refractivity contribution in [1.29, 1.82) is 0 Å². The largest absolute Gasteiger partial charge is 0.453 e. The van der Waals surface area contributed by atoms with Crippen molar-refractivity contribution >= 4 is 52.9 Å². The average Bonchev–Trinajstić information content (AvgIpc) is 4.10. The number of carbonyl (C=O) groups excluding carboxylic acids is 6. The van der Waals surface area contributed by atoms with Gasteiger partial charge in [-0.15, -0.1) is 0 Å². The number of alkyl halides is 3. The van der Waals surface area contributed by atoms with Crippen molar-refractivity contribution < 1.29 is 51.4 Å². The SMILES string of the molecule is COC(=O)NC(CC(C)C)C(=O)N1CCCC1C(=O)N(C)c1cccc(C2CCC(c3cccc(NC(=O)C4CCCN4C(=O)C(NC(=O)OC)C(C)C)c3)N2c2ccc(C(F)(F)F)cc2)c1. The van der Waals surface area contributed by atoms with Gasteiger partial charge in [-0.2, -0.15) is 13.2 Å². The number of likely N-dealkylation sites (N-methyl/N-ethyl adjacent to an activating group) is 1. The zero-order valence-electron chi connectivity index (χ0n) is 39.1. The average molecular weight is 934 g/mol. The van der Waals surface area contributed by atoms with Crippen LogP contribution in [-0.4, -0.2) is 104 Å². The van der Waals surface area contributed by atoms with Gasteiger partial charge >= 0.3 is 18.4 Å². The lowest BCUT2D eigenvalue weighted by Gasteiger charge is -2.34. The van der Waals surface area contributed by atoms with Crippen LogP contribution in [0.4, 0.5) is 39.8 Å². The summed E-state index contributed by atoms with van der Waals surface area (Å²) >= 11 is 0. The van der Waals surface area contributed by atoms with Crippen molar-refractivity contribution in [2.45, 2.75) is 115 Å². The van der Waals surface area contributed by atoms with E-state index >= 15 is 0 Å². The highest BCUT2D eigenvalue weighted by Crippen LogP contribution is 2.48. The van der Waals surface area contributed by atoms with E-state index in [2.05, 4.69) is 20.9 Å². The van der Waals surface area contributed by atoms with Crippen LogP contribution in [0.1, 0.15) is 101 Å². The summed E-state index contributed by atoms with van der Waals surface area (Å²) < 4.78 is 50.9. The molecule has 0 bridgehead atoms. The van der Waals surface area contributed by atoms with Gasteiger partial charge in [0.05, 0.1) is 31.9 Å². The Morgan fingerprint density at radius 1 is 0.731 bits per heavy atom. The third-order valence-corrected chi connectivity index (χ3v) is 12.9. The molecule has 3 saturated heterocycles. The minimum Gasteiger partial charge on any atom is -0.453 e. The van der Waals surface area contributed by atoms with Crippen LogP contribution in [0.5, 0.6) is 0 Å². The fourth-order valence-corrected chi connectivity index (χ4v) is 9.55. The summed E-state index contributed by atoms with van der Waals surface area (Å²) in [5.74, 6) is -1.62. The third kappa shape index (κ3) is 11.6. The van der Waals surface area contributed by atoms with Crippen molar-refractivity contribution in [3.8, 4) is 0 Å². The molecule has 6 unspecified atom stereocenters. The second-order valence-corrected chi connectivity index (χ2v) is 18.2. The number of amides is 6. The molecule has 0 spiro atoms. The zero-order chi connectivity index (χ0) is 48.7. The van der Waals surface area contributed by atoms with Gasteiger partial charge in [0.1, 0.15) is 24.2 Å². The Morgan fingerprint density at radius 2 is 1.30 bits per heavy atom. The van der Waals surface area contributed by atoms with Crippen molar-refractivity contribution in [3.63, 3.8) is 0 Å². The number of nitrogens with zero attached hydrogens (tertiary/aromatic N) is 4. The van der Waals surface area contributed by atoms with E-state index in [9.17, 15) is 41.9 Å². The van der Waals surface area contributed by atoms with Gasteiger partial charge in [0, 0.05) is 37.2 Å². The molecule has 6 atom stereocenters. The number of benzene rings is 3. The van der Waals surface area contributed by atoms with Crippen LogP contribution in [0.3, 0.4) is 0 Å². The van der Waals surface area contributed by atoms with Crippen LogP contribution in [0, 0.1) is 11.8 Å². The third-order valence-electron chi connectivity index (χ3n) is 12.9. The predicted octanol–water partition coefficient (Wildman–Crippen LogP) is 7.82. The van der Waals surface area contributed by atoms with E-state index < -0.39 is 48.1 Å². The Kier molecular flexibility index (Phi) is 16.1. The zero-order valence-corrected chi connectivity index (χ0v) is 39.1. The second-order valence-electron chi connectivity index (χ2n) is 18.2. The van der Waals surface area contributed by atoms with Crippen LogP contribution in [-0.2, 0) is 34.8 Å². The molecule has 6 amide bonds. The maximum absolute atomic E-state index is 14.3. The molecule has 3 heterocycles. The molecule has 3 aliphatic heterocycles. The summed E-state index contributed by atoms with van der Waals surface area (Å²) in [4.78, 5) is 86.5. The molecular weight excluding hydrogens is 872 g/mol. The molecule has 0 aromatic heterocycles. The fourth-order valence-electron chi connectivity index (χ4n) is 9.55. The molecule has 15 nitrogen and oxygen atoms in total. The number of hydrogen-bond acceptors (Lipinski definition) is 9. The molecule has 3 fully saturated rings. The van der Waals surface area contributed by atoms with E-state index in [-0.39, 0.29) is 47.5 Å². The molecule has 3 aromatic rings. The smallest absolute Gasteiger partial charge is 0.416 e. The maximum atomic E-state index is 14.3. The first-order valence-corrected chi connectivity index (χ1v) is 22.9. The summed E-state index contributed by atoms with van der Waals surface area (Å²) in [6, 6.07) is 15.7. The summed E-state index contributed by atoms with van der Waals surface area (Å²) in [5, 5.41) is 8.21. The highest BCUT2D eigenvalue weighted by molar-refractivity contribution is 6.00. The minimum absolute atomic E-state index is 0.0740. The number of methoxy groups -OCH3 is 2. The highest BCUT2D eigenvalue weighted by atomic mass is 19.4. The lowest BCUT2D eigenvalue weighted by molar-refractivity contribution is -0.139. The summed E-state index contributed by atoms with van der Waals surface area (Å²) in [6.45, 7) is 8.15. The molecule has 3 aromatic carbocycles. The number of alkyl carbamates (subject to hydrolysis) is 2. The number of halogens is 3. The minimum atomic E-state index is -4.54. The van der Waals surface area contributed by atoms with Crippen LogP contribution >= 0.6 is 0 Å². The molecule has 362 valence electrons. The van der Waals surface area contributed by atoms with Gasteiger partial charge in [-0.25, -0.2) is 9.59 Å². The first kappa shape index (κ1) is 50.1. The van der Waals surface area contributed by atoms with Gasteiger partial charge < -0.3 is 45.0 Å². The predicted molar refractivity (Wildman–Crippen MR) is 246 cm³/mol. The molecule has 18 heteroatoms. The van der Waals surface area contributed by atoms with Crippen LogP contribution in [0.25, 0.3) is 0 Å². The van der Waals surface area contributed by atoms with E-state index in [1.807, 2.05) is 44.2 Å². The van der Waals surface area contributed by atoms with Gasteiger partial charge in [0.2, 0.25) is 23.6 Å². The summed E-state index contributed by atoms with van der Waals surface area (Å²) in [6.07, 6.45) is -2.41. The fraction of sp³-hybridized carbons (Fsp3) is 0.510. The van der Waals surface area contributed by atoms with E-state index in [4.69, 9.17) is 9.47 Å².